The Labute approximate surface area is 185 Å². The van der Waals surface area contributed by atoms with Gasteiger partial charge in [0.15, 0.2) is 0 Å². The molecule has 1 aliphatic heterocycles. The molecule has 0 bridgehead atoms. The lowest BCUT2D eigenvalue weighted by Crippen LogP contribution is -2.32. The Balaban J connectivity index is 1.77. The van der Waals surface area contributed by atoms with Gasteiger partial charge in [-0.1, -0.05) is 12.8 Å². The van der Waals surface area contributed by atoms with Gasteiger partial charge in [-0.25, -0.2) is 8.42 Å². The highest BCUT2D eigenvalue weighted by Crippen LogP contribution is 2.30. The Morgan fingerprint density at radius 1 is 0.969 bits per heavy atom. The van der Waals surface area contributed by atoms with Gasteiger partial charge in [0, 0.05) is 37.8 Å². The molecule has 1 fully saturated rings. The molecule has 1 saturated heterocycles. The molecule has 0 spiro atoms. The molecule has 2 aromatic rings. The Morgan fingerprint density at radius 3 is 2.16 bits per heavy atom. The first kappa shape index (κ1) is 23.6. The summed E-state index contributed by atoms with van der Waals surface area (Å²) in [4.78, 5) is 20.9. The Bertz CT molecular complexity index is 1080. The van der Waals surface area contributed by atoms with Crippen LogP contribution < -0.4 is 5.32 Å². The molecular formula is C20H24N4O7S. The van der Waals surface area contributed by atoms with Crippen molar-refractivity contribution in [3.63, 3.8) is 0 Å². The fourth-order valence-electron chi connectivity index (χ4n) is 3.55. The summed E-state index contributed by atoms with van der Waals surface area (Å²) < 4.78 is 27.3. The molecule has 0 aliphatic carbocycles. The van der Waals surface area contributed by atoms with Gasteiger partial charge >= 0.3 is 0 Å². The van der Waals surface area contributed by atoms with Crippen LogP contribution in [-0.2, 0) is 10.0 Å². The largest absolute Gasteiger partial charge is 0.387 e. The van der Waals surface area contributed by atoms with Gasteiger partial charge in [0.25, 0.3) is 11.4 Å². The van der Waals surface area contributed by atoms with Crippen LogP contribution in [0.5, 0.6) is 0 Å². The van der Waals surface area contributed by atoms with Crippen LogP contribution in [0.15, 0.2) is 47.4 Å². The summed E-state index contributed by atoms with van der Waals surface area (Å²) >= 11 is 0. The third-order valence-corrected chi connectivity index (χ3v) is 7.24. The van der Waals surface area contributed by atoms with Crippen molar-refractivity contribution in [3.8, 4) is 0 Å². The van der Waals surface area contributed by atoms with Crippen molar-refractivity contribution in [1.82, 2.24) is 4.31 Å². The number of nitro groups is 2. The van der Waals surface area contributed by atoms with E-state index in [0.29, 0.717) is 18.7 Å². The number of anilines is 1. The minimum absolute atomic E-state index is 0.0609. The zero-order chi connectivity index (χ0) is 23.3. The Kier molecular flexibility index (Phi) is 7.38. The monoisotopic (exact) mass is 464 g/mol. The number of aliphatic hydroxyl groups excluding tert-OH is 1. The molecule has 12 heteroatoms. The number of nitrogens with one attached hydrogen (secondary N) is 1. The Hall–Kier alpha value is -3.09. The van der Waals surface area contributed by atoms with Gasteiger partial charge in [-0.05, 0) is 42.7 Å². The van der Waals surface area contributed by atoms with Crippen molar-refractivity contribution in [2.24, 2.45) is 0 Å². The predicted octanol–water partition coefficient (Wildman–Crippen LogP) is 3.21. The van der Waals surface area contributed by atoms with E-state index in [1.165, 1.54) is 40.7 Å². The lowest BCUT2D eigenvalue weighted by molar-refractivity contribution is -0.384. The van der Waals surface area contributed by atoms with E-state index in [1.54, 1.807) is 0 Å². The molecule has 0 amide bonds. The minimum atomic E-state index is -3.85. The molecule has 1 unspecified atom stereocenters. The van der Waals surface area contributed by atoms with Crippen LogP contribution in [0.3, 0.4) is 0 Å². The van der Waals surface area contributed by atoms with Crippen LogP contribution >= 0.6 is 0 Å². The molecule has 1 atom stereocenters. The molecule has 0 aromatic heterocycles. The van der Waals surface area contributed by atoms with E-state index in [0.717, 1.165) is 31.7 Å². The average molecular weight is 465 g/mol. The second kappa shape index (κ2) is 10.0. The number of sulfonamides is 1. The lowest BCUT2D eigenvalue weighted by atomic mass is 10.1. The van der Waals surface area contributed by atoms with Crippen molar-refractivity contribution in [2.45, 2.75) is 36.7 Å². The highest BCUT2D eigenvalue weighted by molar-refractivity contribution is 7.89. The predicted molar refractivity (Wildman–Crippen MR) is 117 cm³/mol. The molecular weight excluding hydrogens is 440 g/mol. The maximum Gasteiger partial charge on any atom is 0.293 e. The summed E-state index contributed by atoms with van der Waals surface area (Å²) in [7, 11) is -3.85. The lowest BCUT2D eigenvalue weighted by Gasteiger charge is -2.20. The second-order valence-electron chi connectivity index (χ2n) is 7.50. The molecule has 0 saturated carbocycles. The highest BCUT2D eigenvalue weighted by Gasteiger charge is 2.28. The number of rotatable bonds is 8. The van der Waals surface area contributed by atoms with Crippen molar-refractivity contribution in [3.05, 3.63) is 68.3 Å². The molecule has 11 nitrogen and oxygen atoms in total. The van der Waals surface area contributed by atoms with E-state index >= 15 is 0 Å². The smallest absolute Gasteiger partial charge is 0.293 e. The van der Waals surface area contributed by atoms with Gasteiger partial charge in [-0.3, -0.25) is 20.2 Å². The first-order chi connectivity index (χ1) is 15.2. The number of hydrogen-bond donors (Lipinski definition) is 2. The maximum absolute atomic E-state index is 12.9. The van der Waals surface area contributed by atoms with Crippen molar-refractivity contribution in [1.29, 1.82) is 0 Å². The van der Waals surface area contributed by atoms with Gasteiger partial charge < -0.3 is 10.4 Å². The molecule has 2 N–H and O–H groups in total. The zero-order valence-corrected chi connectivity index (χ0v) is 18.0. The quantitative estimate of drug-likeness (QED) is 0.445. The summed E-state index contributed by atoms with van der Waals surface area (Å²) in [6.07, 6.45) is 2.32. The first-order valence-corrected chi connectivity index (χ1v) is 11.6. The van der Waals surface area contributed by atoms with Crippen LogP contribution in [0.2, 0.25) is 0 Å². The normalized spacial score (nSPS) is 16.2. The van der Waals surface area contributed by atoms with E-state index in [2.05, 4.69) is 5.32 Å². The average Bonchev–Trinajstić information content (AvgIpc) is 3.07. The summed E-state index contributed by atoms with van der Waals surface area (Å²) in [6.45, 7) is 0.659. The van der Waals surface area contributed by atoms with Gasteiger partial charge in [0.1, 0.15) is 5.69 Å². The zero-order valence-electron chi connectivity index (χ0n) is 17.2. The van der Waals surface area contributed by atoms with E-state index in [9.17, 15) is 33.8 Å². The number of aliphatic hydroxyl groups is 1. The number of hydrogen-bond acceptors (Lipinski definition) is 8. The number of non-ortho nitro benzene ring substituents is 1. The summed E-state index contributed by atoms with van der Waals surface area (Å²) in [6, 6.07) is 8.96. The molecule has 3 rings (SSSR count). The molecule has 1 heterocycles. The van der Waals surface area contributed by atoms with Gasteiger partial charge in [-0.15, -0.1) is 0 Å². The Morgan fingerprint density at radius 2 is 1.59 bits per heavy atom. The topological polar surface area (TPSA) is 156 Å². The van der Waals surface area contributed by atoms with Crippen molar-refractivity contribution in [2.75, 3.05) is 25.0 Å². The number of benzene rings is 2. The fraction of sp³-hybridized carbons (Fsp3) is 0.400. The van der Waals surface area contributed by atoms with Crippen LogP contribution in [0.1, 0.15) is 37.4 Å². The molecule has 0 radical (unpaired) electrons. The van der Waals surface area contributed by atoms with Crippen molar-refractivity contribution >= 4 is 27.1 Å². The molecule has 2 aromatic carbocycles. The standard InChI is InChI=1S/C20H24N4O7S/c25-20(15-5-7-16(8-6-15)23(26)27)14-21-18-10-9-17(13-19(18)24(28)29)32(30,31)22-11-3-1-2-4-12-22/h5-10,13,20-21,25H,1-4,11-12,14H2. The van der Waals surface area contributed by atoms with E-state index in [1.807, 2.05) is 0 Å². The molecule has 1 aliphatic rings. The second-order valence-corrected chi connectivity index (χ2v) is 9.44. The van der Waals surface area contributed by atoms with Crippen LogP contribution in [0, 0.1) is 20.2 Å². The van der Waals surface area contributed by atoms with Crippen LogP contribution in [-0.4, -0.2) is 47.3 Å². The third kappa shape index (κ3) is 5.39. The van der Waals surface area contributed by atoms with Crippen LogP contribution in [0.25, 0.3) is 0 Å². The van der Waals surface area contributed by atoms with Gasteiger partial charge in [-0.2, -0.15) is 4.31 Å². The molecule has 32 heavy (non-hydrogen) atoms. The van der Waals surface area contributed by atoms with Gasteiger partial charge in [0.05, 0.1) is 20.8 Å². The highest BCUT2D eigenvalue weighted by atomic mass is 32.2. The number of nitro benzene ring substituents is 2. The first-order valence-electron chi connectivity index (χ1n) is 10.1. The van der Waals surface area contributed by atoms with Crippen LogP contribution in [0.4, 0.5) is 17.1 Å². The maximum atomic E-state index is 12.9. The minimum Gasteiger partial charge on any atom is -0.387 e. The molecule has 172 valence electrons. The van der Waals surface area contributed by atoms with Gasteiger partial charge in [0.2, 0.25) is 10.0 Å². The summed E-state index contributed by atoms with van der Waals surface area (Å²) in [5.74, 6) is 0. The summed E-state index contributed by atoms with van der Waals surface area (Å²) in [5.41, 5.74) is -0.0838. The number of nitrogens with zero attached hydrogens (tertiary/aromatic N) is 3. The van der Waals surface area contributed by atoms with E-state index < -0.39 is 31.7 Å². The van der Waals surface area contributed by atoms with E-state index in [-0.39, 0.29) is 22.8 Å². The third-order valence-electron chi connectivity index (χ3n) is 5.34. The van der Waals surface area contributed by atoms with E-state index in [4.69, 9.17) is 0 Å². The fourth-order valence-corrected chi connectivity index (χ4v) is 5.08. The SMILES string of the molecule is O=[N+]([O-])c1ccc(C(O)CNc2ccc(S(=O)(=O)N3CCCCCC3)cc2[N+](=O)[O-])cc1. The summed E-state index contributed by atoms with van der Waals surface area (Å²) in [5, 5.41) is 35.4. The van der Waals surface area contributed by atoms with Crippen molar-refractivity contribution < 1.29 is 23.4 Å².